The highest BCUT2D eigenvalue weighted by Gasteiger charge is 2.22. The summed E-state index contributed by atoms with van der Waals surface area (Å²) < 4.78 is 8.35. The van der Waals surface area contributed by atoms with Gasteiger partial charge >= 0.3 is 0 Å². The second-order valence-electron chi connectivity index (χ2n) is 7.61. The fourth-order valence-electron chi connectivity index (χ4n) is 3.81. The average Bonchev–Trinajstić information content (AvgIpc) is 3.33. The van der Waals surface area contributed by atoms with Gasteiger partial charge in [0.1, 0.15) is 11.0 Å². The lowest BCUT2D eigenvalue weighted by Crippen LogP contribution is -2.48. The van der Waals surface area contributed by atoms with Crippen LogP contribution in [0, 0.1) is 0 Å². The zero-order valence-electron chi connectivity index (χ0n) is 17.3. The van der Waals surface area contributed by atoms with E-state index in [4.69, 9.17) is 0 Å². The summed E-state index contributed by atoms with van der Waals surface area (Å²) in [6.45, 7) is 2.90. The van der Waals surface area contributed by atoms with Crippen LogP contribution < -0.4 is 10.2 Å². The number of hydrogen-bond donors (Lipinski definition) is 1. The Morgan fingerprint density at radius 1 is 0.781 bits per heavy atom. The molecule has 32 heavy (non-hydrogen) atoms. The van der Waals surface area contributed by atoms with E-state index >= 15 is 0 Å². The van der Waals surface area contributed by atoms with Crippen molar-refractivity contribution in [2.45, 2.75) is 0 Å². The van der Waals surface area contributed by atoms with Crippen molar-refractivity contribution in [1.29, 1.82) is 0 Å². The highest BCUT2D eigenvalue weighted by atomic mass is 32.1. The molecule has 1 aromatic heterocycles. The minimum atomic E-state index is -0.180. The average molecular weight is 444 g/mol. The molecule has 1 aliphatic heterocycles. The van der Waals surface area contributed by atoms with E-state index < -0.39 is 0 Å². The molecule has 4 aromatic rings. The highest BCUT2D eigenvalue weighted by Crippen LogP contribution is 2.21. The number of piperazine rings is 1. The molecule has 0 spiro atoms. The Bertz CT molecular complexity index is 1250. The van der Waals surface area contributed by atoms with Crippen molar-refractivity contribution in [2.75, 3.05) is 36.4 Å². The molecule has 2 heterocycles. The zero-order valence-corrected chi connectivity index (χ0v) is 18.1. The van der Waals surface area contributed by atoms with Crippen LogP contribution in [0.2, 0.25) is 0 Å². The van der Waals surface area contributed by atoms with Crippen LogP contribution in [0.3, 0.4) is 0 Å². The molecule has 7 nitrogen and oxygen atoms in total. The third kappa shape index (κ3) is 4.17. The van der Waals surface area contributed by atoms with Gasteiger partial charge in [0.05, 0.1) is 11.7 Å². The zero-order chi connectivity index (χ0) is 21.9. The third-order valence-corrected chi connectivity index (χ3v) is 6.15. The Kier molecular flexibility index (Phi) is 5.51. The fraction of sp³-hybridized carbons (Fsp3) is 0.167. The van der Waals surface area contributed by atoms with E-state index in [1.54, 1.807) is 18.2 Å². The van der Waals surface area contributed by atoms with Crippen LogP contribution in [0.1, 0.15) is 20.7 Å². The Hall–Kier alpha value is -3.78. The number of carbonyl (C=O) groups is 2. The van der Waals surface area contributed by atoms with Gasteiger partial charge in [-0.25, -0.2) is 0 Å². The molecule has 0 bridgehead atoms. The number of nitrogens with zero attached hydrogens (tertiary/aromatic N) is 4. The molecule has 160 valence electrons. The Labute approximate surface area is 189 Å². The van der Waals surface area contributed by atoms with Crippen molar-refractivity contribution in [3.05, 3.63) is 83.9 Å². The van der Waals surface area contributed by atoms with Gasteiger partial charge in [0, 0.05) is 48.7 Å². The van der Waals surface area contributed by atoms with Gasteiger partial charge < -0.3 is 15.1 Å². The molecule has 0 aliphatic carbocycles. The second kappa shape index (κ2) is 8.76. The van der Waals surface area contributed by atoms with Crippen LogP contribution in [-0.4, -0.2) is 51.6 Å². The van der Waals surface area contributed by atoms with E-state index in [2.05, 4.69) is 19.0 Å². The molecular formula is C24H21N5O2S. The monoisotopic (exact) mass is 443 g/mol. The fourth-order valence-corrected chi connectivity index (χ4v) is 4.33. The molecule has 0 atom stereocenters. The van der Waals surface area contributed by atoms with Crippen LogP contribution in [0.4, 0.5) is 11.4 Å². The Morgan fingerprint density at radius 2 is 1.50 bits per heavy atom. The number of carbonyl (C=O) groups excluding carboxylic acids is 2. The summed E-state index contributed by atoms with van der Waals surface area (Å²) in [7, 11) is 0. The van der Waals surface area contributed by atoms with Crippen molar-refractivity contribution in [2.24, 2.45) is 0 Å². The molecule has 1 N–H and O–H groups in total. The minimum absolute atomic E-state index is 0.0786. The van der Waals surface area contributed by atoms with Gasteiger partial charge in [0.2, 0.25) is 0 Å². The van der Waals surface area contributed by atoms with Crippen LogP contribution >= 0.6 is 11.7 Å². The van der Waals surface area contributed by atoms with Gasteiger partial charge in [-0.15, -0.1) is 0 Å². The summed E-state index contributed by atoms with van der Waals surface area (Å²) in [5, 5.41) is 2.93. The number of aromatic nitrogens is 2. The third-order valence-electron chi connectivity index (χ3n) is 5.59. The largest absolute Gasteiger partial charge is 0.368 e. The summed E-state index contributed by atoms with van der Waals surface area (Å²) in [6.07, 6.45) is 0. The Balaban J connectivity index is 1.19. The van der Waals surface area contributed by atoms with Crippen LogP contribution in [0.5, 0.6) is 0 Å². The SMILES string of the molecule is O=C(Nc1ccc(N2CCN(C(=O)c3ccccc3)CC2)cc1)c1ccc2nsnc2c1. The standard InChI is InChI=1S/C24H21N5O2S/c30-23(18-6-11-21-22(16-18)27-32-26-21)25-19-7-9-20(10-8-19)28-12-14-29(15-13-28)24(31)17-4-2-1-3-5-17/h1-11,16H,12-15H2,(H,25,30). The predicted octanol–water partition coefficient (Wildman–Crippen LogP) is 3.91. The first kappa shape index (κ1) is 20.1. The van der Waals surface area contributed by atoms with Crippen LogP contribution in [0.25, 0.3) is 11.0 Å². The summed E-state index contributed by atoms with van der Waals surface area (Å²) in [5.41, 5.74) is 4.60. The predicted molar refractivity (Wildman–Crippen MR) is 126 cm³/mol. The number of amides is 2. The van der Waals surface area contributed by atoms with Crippen molar-refractivity contribution in [3.63, 3.8) is 0 Å². The van der Waals surface area contributed by atoms with E-state index in [0.717, 1.165) is 52.8 Å². The maximum absolute atomic E-state index is 12.6. The topological polar surface area (TPSA) is 78.4 Å². The molecule has 5 rings (SSSR count). The molecule has 3 aromatic carbocycles. The van der Waals surface area contributed by atoms with Gasteiger partial charge in [-0.05, 0) is 54.6 Å². The number of anilines is 2. The van der Waals surface area contributed by atoms with Gasteiger partial charge in [-0.1, -0.05) is 18.2 Å². The number of nitrogens with one attached hydrogen (secondary N) is 1. The van der Waals surface area contributed by atoms with Crippen LogP contribution in [0.15, 0.2) is 72.8 Å². The van der Waals surface area contributed by atoms with E-state index in [1.807, 2.05) is 59.5 Å². The maximum Gasteiger partial charge on any atom is 0.255 e. The molecular weight excluding hydrogens is 422 g/mol. The summed E-state index contributed by atoms with van der Waals surface area (Å²) in [6, 6.07) is 22.5. The lowest BCUT2D eigenvalue weighted by Gasteiger charge is -2.36. The highest BCUT2D eigenvalue weighted by molar-refractivity contribution is 7.00. The lowest BCUT2D eigenvalue weighted by molar-refractivity contribution is 0.0746. The molecule has 1 fully saturated rings. The molecule has 0 saturated carbocycles. The molecule has 0 unspecified atom stereocenters. The first-order chi connectivity index (χ1) is 15.7. The first-order valence-corrected chi connectivity index (χ1v) is 11.1. The van der Waals surface area contributed by atoms with E-state index in [1.165, 1.54) is 0 Å². The molecule has 1 saturated heterocycles. The molecule has 0 radical (unpaired) electrons. The van der Waals surface area contributed by atoms with Gasteiger partial charge in [-0.2, -0.15) is 8.75 Å². The van der Waals surface area contributed by atoms with Crippen molar-refractivity contribution >= 4 is 46.0 Å². The summed E-state index contributed by atoms with van der Waals surface area (Å²) in [4.78, 5) is 29.4. The smallest absolute Gasteiger partial charge is 0.255 e. The number of rotatable bonds is 4. The summed E-state index contributed by atoms with van der Waals surface area (Å²) in [5.74, 6) is -0.101. The normalized spacial score (nSPS) is 13.9. The van der Waals surface area contributed by atoms with Gasteiger partial charge in [0.25, 0.3) is 11.8 Å². The van der Waals surface area contributed by atoms with E-state index in [0.29, 0.717) is 18.7 Å². The Morgan fingerprint density at radius 3 is 2.25 bits per heavy atom. The van der Waals surface area contributed by atoms with Crippen LogP contribution in [-0.2, 0) is 0 Å². The van der Waals surface area contributed by atoms with Gasteiger partial charge in [-0.3, -0.25) is 9.59 Å². The van der Waals surface area contributed by atoms with Crippen molar-refractivity contribution in [3.8, 4) is 0 Å². The van der Waals surface area contributed by atoms with E-state index in [9.17, 15) is 9.59 Å². The number of hydrogen-bond acceptors (Lipinski definition) is 6. The maximum atomic E-state index is 12.6. The van der Waals surface area contributed by atoms with E-state index in [-0.39, 0.29) is 11.8 Å². The molecule has 1 aliphatic rings. The molecule has 2 amide bonds. The number of fused-ring (bicyclic) bond motifs is 1. The first-order valence-electron chi connectivity index (χ1n) is 10.4. The lowest BCUT2D eigenvalue weighted by atomic mass is 10.1. The molecule has 8 heteroatoms. The quantitative estimate of drug-likeness (QED) is 0.518. The van der Waals surface area contributed by atoms with Crippen molar-refractivity contribution in [1.82, 2.24) is 13.6 Å². The van der Waals surface area contributed by atoms with Gasteiger partial charge in [0.15, 0.2) is 0 Å². The minimum Gasteiger partial charge on any atom is -0.368 e. The summed E-state index contributed by atoms with van der Waals surface area (Å²) >= 11 is 1.13. The second-order valence-corrected chi connectivity index (χ2v) is 8.14. The van der Waals surface area contributed by atoms with Crippen molar-refractivity contribution < 1.29 is 9.59 Å². The number of benzene rings is 3.